The average Bonchev–Trinajstić information content (AvgIpc) is 2.63. The van der Waals surface area contributed by atoms with E-state index in [4.69, 9.17) is 5.73 Å². The summed E-state index contributed by atoms with van der Waals surface area (Å²) in [4.78, 5) is 0.0173. The van der Waals surface area contributed by atoms with E-state index in [0.29, 0.717) is 11.4 Å². The van der Waals surface area contributed by atoms with Crippen LogP contribution in [0.5, 0.6) is 0 Å². The van der Waals surface area contributed by atoms with E-state index in [0.717, 1.165) is 6.07 Å². The Morgan fingerprint density at radius 1 is 1.37 bits per heavy atom. The van der Waals surface area contributed by atoms with Crippen molar-refractivity contribution in [1.29, 1.82) is 0 Å². The molecule has 0 aliphatic rings. The van der Waals surface area contributed by atoms with E-state index in [1.54, 1.807) is 13.8 Å². The number of halogens is 1. The lowest BCUT2D eigenvalue weighted by atomic mass is 10.3. The van der Waals surface area contributed by atoms with Crippen LogP contribution in [-0.2, 0) is 10.0 Å². The molecule has 0 atom stereocenters. The number of nitrogens with two attached hydrogens (primary N) is 1. The number of aromatic amines is 1. The molecule has 1 aromatic carbocycles. The fourth-order valence-electron chi connectivity index (χ4n) is 1.75. The lowest BCUT2D eigenvalue weighted by molar-refractivity contribution is 0.597. The standard InChI is InChI=1S/C11H13FN4O2S/c1-6-11(7(2)15-14-6)19(17,18)16-10-4-3-8(13)5-9(10)12/h3-5,16H,13H2,1-2H3,(H,14,15). The van der Waals surface area contributed by atoms with Crippen LogP contribution in [0, 0.1) is 19.7 Å². The van der Waals surface area contributed by atoms with Crippen molar-refractivity contribution in [3.8, 4) is 0 Å². The van der Waals surface area contributed by atoms with E-state index in [1.807, 2.05) is 0 Å². The molecule has 2 rings (SSSR count). The number of anilines is 2. The quantitative estimate of drug-likeness (QED) is 0.744. The summed E-state index contributed by atoms with van der Waals surface area (Å²) in [6.45, 7) is 3.13. The third kappa shape index (κ3) is 2.53. The van der Waals surface area contributed by atoms with Crippen LogP contribution in [0.4, 0.5) is 15.8 Å². The van der Waals surface area contributed by atoms with Gasteiger partial charge in [0, 0.05) is 5.69 Å². The third-order valence-corrected chi connectivity index (χ3v) is 4.19. The molecule has 1 aromatic heterocycles. The Kier molecular flexibility index (Phi) is 3.19. The van der Waals surface area contributed by atoms with E-state index >= 15 is 0 Å². The maximum atomic E-state index is 13.6. The highest BCUT2D eigenvalue weighted by atomic mass is 32.2. The zero-order chi connectivity index (χ0) is 14.2. The van der Waals surface area contributed by atoms with Gasteiger partial charge in [0.2, 0.25) is 0 Å². The van der Waals surface area contributed by atoms with Crippen LogP contribution >= 0.6 is 0 Å². The molecule has 1 heterocycles. The molecule has 0 aliphatic carbocycles. The molecule has 0 fully saturated rings. The maximum absolute atomic E-state index is 13.6. The number of hydrogen-bond donors (Lipinski definition) is 3. The van der Waals surface area contributed by atoms with Crippen molar-refractivity contribution in [2.24, 2.45) is 0 Å². The highest BCUT2D eigenvalue weighted by Crippen LogP contribution is 2.23. The summed E-state index contributed by atoms with van der Waals surface area (Å²) < 4.78 is 40.1. The normalized spacial score (nSPS) is 11.5. The Hall–Kier alpha value is -2.09. The number of benzene rings is 1. The zero-order valence-electron chi connectivity index (χ0n) is 10.4. The summed E-state index contributed by atoms with van der Waals surface area (Å²) in [5.41, 5.74) is 6.17. The van der Waals surface area contributed by atoms with Gasteiger partial charge in [0.15, 0.2) is 0 Å². The van der Waals surface area contributed by atoms with Crippen LogP contribution in [0.3, 0.4) is 0 Å². The molecular formula is C11H13FN4O2S. The molecular weight excluding hydrogens is 271 g/mol. The van der Waals surface area contributed by atoms with Crippen molar-refractivity contribution in [3.63, 3.8) is 0 Å². The number of aryl methyl sites for hydroxylation is 2. The molecule has 0 bridgehead atoms. The first-order chi connectivity index (χ1) is 8.81. The first kappa shape index (κ1) is 13.3. The molecule has 6 nitrogen and oxygen atoms in total. The second-order valence-corrected chi connectivity index (χ2v) is 5.73. The number of hydrogen-bond acceptors (Lipinski definition) is 4. The number of rotatable bonds is 3. The first-order valence-corrected chi connectivity index (χ1v) is 6.89. The van der Waals surface area contributed by atoms with Gasteiger partial charge in [-0.1, -0.05) is 0 Å². The monoisotopic (exact) mass is 284 g/mol. The molecule has 0 unspecified atom stereocenters. The summed E-state index contributed by atoms with van der Waals surface area (Å²) in [6.07, 6.45) is 0. The number of aromatic nitrogens is 2. The molecule has 0 saturated carbocycles. The van der Waals surface area contributed by atoms with Gasteiger partial charge in [0.1, 0.15) is 10.7 Å². The minimum absolute atomic E-state index is 0.0173. The average molecular weight is 284 g/mol. The van der Waals surface area contributed by atoms with Gasteiger partial charge in [-0.05, 0) is 32.0 Å². The number of nitrogens with zero attached hydrogens (tertiary/aromatic N) is 1. The highest BCUT2D eigenvalue weighted by Gasteiger charge is 2.23. The van der Waals surface area contributed by atoms with E-state index < -0.39 is 15.8 Å². The van der Waals surface area contributed by atoms with E-state index in [9.17, 15) is 12.8 Å². The van der Waals surface area contributed by atoms with Crippen LogP contribution < -0.4 is 10.5 Å². The number of H-pyrrole nitrogens is 1. The van der Waals surface area contributed by atoms with E-state index in [-0.39, 0.29) is 16.3 Å². The fourth-order valence-corrected chi connectivity index (χ4v) is 3.19. The summed E-state index contributed by atoms with van der Waals surface area (Å²) in [5.74, 6) is -0.734. The van der Waals surface area contributed by atoms with Gasteiger partial charge in [0.05, 0.1) is 17.1 Å². The molecule has 102 valence electrons. The Morgan fingerprint density at radius 3 is 2.58 bits per heavy atom. The second kappa shape index (κ2) is 4.54. The summed E-state index contributed by atoms with van der Waals surface area (Å²) in [5, 5.41) is 6.37. The van der Waals surface area contributed by atoms with Crippen LogP contribution in [0.15, 0.2) is 23.1 Å². The molecule has 0 aliphatic heterocycles. The number of sulfonamides is 1. The van der Waals surface area contributed by atoms with Gasteiger partial charge in [0.25, 0.3) is 10.0 Å². The first-order valence-electron chi connectivity index (χ1n) is 5.40. The van der Waals surface area contributed by atoms with E-state index in [1.165, 1.54) is 12.1 Å². The number of nitrogens with one attached hydrogen (secondary N) is 2. The largest absolute Gasteiger partial charge is 0.399 e. The molecule has 0 radical (unpaired) electrons. The lowest BCUT2D eigenvalue weighted by Gasteiger charge is -2.09. The van der Waals surface area contributed by atoms with Crippen molar-refractivity contribution < 1.29 is 12.8 Å². The molecule has 0 amide bonds. The van der Waals surface area contributed by atoms with Crippen molar-refractivity contribution in [1.82, 2.24) is 10.2 Å². The number of nitrogen functional groups attached to an aromatic ring is 1. The van der Waals surface area contributed by atoms with Crippen molar-refractivity contribution in [2.75, 3.05) is 10.5 Å². The molecule has 4 N–H and O–H groups in total. The summed E-state index contributed by atoms with van der Waals surface area (Å²) >= 11 is 0. The Bertz CT molecular complexity index is 705. The zero-order valence-corrected chi connectivity index (χ0v) is 11.2. The Morgan fingerprint density at radius 2 is 2.05 bits per heavy atom. The SMILES string of the molecule is Cc1n[nH]c(C)c1S(=O)(=O)Nc1ccc(N)cc1F. The smallest absolute Gasteiger partial charge is 0.265 e. The van der Waals surface area contributed by atoms with Gasteiger partial charge >= 0.3 is 0 Å². The minimum atomic E-state index is -3.89. The van der Waals surface area contributed by atoms with Crippen LogP contribution in [0.1, 0.15) is 11.4 Å². The molecule has 2 aromatic rings. The highest BCUT2D eigenvalue weighted by molar-refractivity contribution is 7.92. The predicted molar refractivity (Wildman–Crippen MR) is 69.7 cm³/mol. The molecule has 0 saturated heterocycles. The summed E-state index contributed by atoms with van der Waals surface area (Å²) in [6, 6.07) is 3.73. The Labute approximate surface area is 109 Å². The van der Waals surface area contributed by atoms with Gasteiger partial charge in [-0.15, -0.1) is 0 Å². The molecule has 19 heavy (non-hydrogen) atoms. The Balaban J connectivity index is 2.42. The van der Waals surface area contributed by atoms with Gasteiger partial charge in [-0.3, -0.25) is 9.82 Å². The van der Waals surface area contributed by atoms with Gasteiger partial charge in [-0.25, -0.2) is 12.8 Å². The van der Waals surface area contributed by atoms with Crippen LogP contribution in [-0.4, -0.2) is 18.6 Å². The van der Waals surface area contributed by atoms with E-state index in [2.05, 4.69) is 14.9 Å². The molecule has 0 spiro atoms. The lowest BCUT2D eigenvalue weighted by Crippen LogP contribution is -2.15. The van der Waals surface area contributed by atoms with Crippen LogP contribution in [0.2, 0.25) is 0 Å². The van der Waals surface area contributed by atoms with Gasteiger partial charge in [-0.2, -0.15) is 5.10 Å². The maximum Gasteiger partial charge on any atom is 0.265 e. The predicted octanol–water partition coefficient (Wildman–Crippen LogP) is 1.55. The second-order valence-electron chi connectivity index (χ2n) is 4.11. The molecule has 8 heteroatoms. The van der Waals surface area contributed by atoms with Crippen LogP contribution in [0.25, 0.3) is 0 Å². The van der Waals surface area contributed by atoms with Gasteiger partial charge < -0.3 is 5.73 Å². The fraction of sp³-hybridized carbons (Fsp3) is 0.182. The van der Waals surface area contributed by atoms with Crippen molar-refractivity contribution in [3.05, 3.63) is 35.4 Å². The topological polar surface area (TPSA) is 101 Å². The third-order valence-electron chi connectivity index (χ3n) is 2.57. The minimum Gasteiger partial charge on any atom is -0.399 e. The van der Waals surface area contributed by atoms with Crippen molar-refractivity contribution in [2.45, 2.75) is 18.7 Å². The summed E-state index contributed by atoms with van der Waals surface area (Å²) in [7, 11) is -3.89. The van der Waals surface area contributed by atoms with Crippen molar-refractivity contribution >= 4 is 21.4 Å².